The second-order valence-corrected chi connectivity index (χ2v) is 3.97. The molecule has 98 valence electrons. The van der Waals surface area contributed by atoms with Crippen LogP contribution in [0.5, 0.6) is 5.88 Å². The predicted octanol–water partition coefficient (Wildman–Crippen LogP) is 0.452. The first-order valence-corrected chi connectivity index (χ1v) is 5.74. The molecule has 0 fully saturated rings. The number of nitrogens with one attached hydrogen (secondary N) is 1. The van der Waals surface area contributed by atoms with Gasteiger partial charge in [0.15, 0.2) is 5.82 Å². The van der Waals surface area contributed by atoms with Gasteiger partial charge in [-0.15, -0.1) is 0 Å². The molecule has 0 atom stereocenters. The van der Waals surface area contributed by atoms with E-state index < -0.39 is 0 Å². The molecule has 0 aliphatic heterocycles. The molecule has 0 unspecified atom stereocenters. The zero-order valence-electron chi connectivity index (χ0n) is 10.8. The number of rotatable bonds is 6. The van der Waals surface area contributed by atoms with Gasteiger partial charge in [-0.1, -0.05) is 5.16 Å². The van der Waals surface area contributed by atoms with Gasteiger partial charge in [0.2, 0.25) is 12.3 Å². The Balaban J connectivity index is 1.86. The highest BCUT2D eigenvalue weighted by atomic mass is 16.5. The summed E-state index contributed by atoms with van der Waals surface area (Å²) in [5.41, 5.74) is 2.05. The van der Waals surface area contributed by atoms with Crippen molar-refractivity contribution in [3.63, 3.8) is 0 Å². The first kappa shape index (κ1) is 12.6. The summed E-state index contributed by atoms with van der Waals surface area (Å²) < 4.78 is 11.7. The van der Waals surface area contributed by atoms with Crippen LogP contribution in [-0.4, -0.2) is 33.6 Å². The lowest BCUT2D eigenvalue weighted by Crippen LogP contribution is -2.18. The maximum atomic E-state index is 5.32. The average Bonchev–Trinajstić information content (AvgIpc) is 2.93. The quantitative estimate of drug-likeness (QED) is 0.751. The van der Waals surface area contributed by atoms with Crippen molar-refractivity contribution in [2.24, 2.45) is 7.05 Å². The van der Waals surface area contributed by atoms with E-state index >= 15 is 0 Å². The zero-order valence-corrected chi connectivity index (χ0v) is 10.8. The van der Waals surface area contributed by atoms with Gasteiger partial charge < -0.3 is 14.6 Å². The number of aryl methyl sites for hydroxylation is 2. The van der Waals surface area contributed by atoms with Crippen LogP contribution in [0.4, 0.5) is 0 Å². The second-order valence-electron chi connectivity index (χ2n) is 3.97. The summed E-state index contributed by atoms with van der Waals surface area (Å²) in [5.74, 6) is 1.50. The maximum absolute atomic E-state index is 5.32. The summed E-state index contributed by atoms with van der Waals surface area (Å²) >= 11 is 0. The monoisotopic (exact) mass is 251 g/mol. The third-order valence-corrected chi connectivity index (χ3v) is 2.72. The van der Waals surface area contributed by atoms with Gasteiger partial charge in [0.1, 0.15) is 0 Å². The standard InChI is InChI=1S/C11H17N5O2/c1-8-9(11(17-3)16(2)14-8)6-12-5-4-10-13-7-18-15-10/h7,12H,4-6H2,1-3H3. The van der Waals surface area contributed by atoms with E-state index in [4.69, 9.17) is 4.74 Å². The molecule has 0 spiro atoms. The van der Waals surface area contributed by atoms with Crippen molar-refractivity contribution in [3.05, 3.63) is 23.5 Å². The number of ether oxygens (including phenoxy) is 1. The first-order valence-electron chi connectivity index (χ1n) is 5.74. The van der Waals surface area contributed by atoms with Crippen molar-refractivity contribution in [2.75, 3.05) is 13.7 Å². The normalized spacial score (nSPS) is 10.8. The number of nitrogens with zero attached hydrogens (tertiary/aromatic N) is 4. The smallest absolute Gasteiger partial charge is 0.216 e. The molecule has 2 aromatic heterocycles. The van der Waals surface area contributed by atoms with Gasteiger partial charge in [0.25, 0.3) is 0 Å². The molecule has 7 nitrogen and oxygen atoms in total. The van der Waals surface area contributed by atoms with Crippen LogP contribution in [0.15, 0.2) is 10.9 Å². The maximum Gasteiger partial charge on any atom is 0.216 e. The molecular formula is C11H17N5O2. The average molecular weight is 251 g/mol. The van der Waals surface area contributed by atoms with Crippen LogP contribution in [0.25, 0.3) is 0 Å². The molecule has 7 heteroatoms. The van der Waals surface area contributed by atoms with Gasteiger partial charge in [0.05, 0.1) is 18.4 Å². The second kappa shape index (κ2) is 5.63. The molecule has 0 aliphatic carbocycles. The molecule has 0 saturated heterocycles. The predicted molar refractivity (Wildman–Crippen MR) is 64.2 cm³/mol. The minimum absolute atomic E-state index is 0.706. The van der Waals surface area contributed by atoms with Crippen molar-refractivity contribution in [2.45, 2.75) is 19.9 Å². The van der Waals surface area contributed by atoms with Crippen LogP contribution >= 0.6 is 0 Å². The molecule has 0 bridgehead atoms. The van der Waals surface area contributed by atoms with Crippen LogP contribution < -0.4 is 10.1 Å². The van der Waals surface area contributed by atoms with Gasteiger partial charge in [-0.2, -0.15) is 10.1 Å². The molecule has 0 aromatic carbocycles. The van der Waals surface area contributed by atoms with Gasteiger partial charge >= 0.3 is 0 Å². The summed E-state index contributed by atoms with van der Waals surface area (Å²) in [7, 11) is 3.52. The Morgan fingerprint density at radius 1 is 1.50 bits per heavy atom. The van der Waals surface area contributed by atoms with Crippen molar-refractivity contribution in [1.29, 1.82) is 0 Å². The van der Waals surface area contributed by atoms with Crippen LogP contribution in [-0.2, 0) is 20.0 Å². The van der Waals surface area contributed by atoms with Gasteiger partial charge in [-0.05, 0) is 6.92 Å². The minimum Gasteiger partial charge on any atom is -0.481 e. The molecular weight excluding hydrogens is 234 g/mol. The molecule has 0 saturated carbocycles. The fourth-order valence-corrected chi connectivity index (χ4v) is 1.86. The largest absolute Gasteiger partial charge is 0.481 e. The van der Waals surface area contributed by atoms with Crippen LogP contribution in [0, 0.1) is 6.92 Å². The summed E-state index contributed by atoms with van der Waals surface area (Å²) in [6.07, 6.45) is 2.07. The third-order valence-electron chi connectivity index (χ3n) is 2.72. The zero-order chi connectivity index (χ0) is 13.0. The van der Waals surface area contributed by atoms with E-state index in [0.717, 1.165) is 30.1 Å². The fraction of sp³-hybridized carbons (Fsp3) is 0.545. The molecule has 0 aliphatic rings. The van der Waals surface area contributed by atoms with Crippen LogP contribution in [0.2, 0.25) is 0 Å². The molecule has 0 amide bonds. The number of hydrogen-bond acceptors (Lipinski definition) is 6. The Labute approximate surface area is 105 Å². The summed E-state index contributed by atoms with van der Waals surface area (Å²) in [5, 5.41) is 11.4. The molecule has 18 heavy (non-hydrogen) atoms. The van der Waals surface area contributed by atoms with Gasteiger partial charge in [0, 0.05) is 26.6 Å². The lowest BCUT2D eigenvalue weighted by molar-refractivity contribution is 0.368. The Bertz CT molecular complexity index is 492. The lowest BCUT2D eigenvalue weighted by atomic mass is 10.2. The number of methoxy groups -OCH3 is 1. The van der Waals surface area contributed by atoms with E-state index in [-0.39, 0.29) is 0 Å². The SMILES string of the molecule is COc1c(CNCCc2ncon2)c(C)nn1C. The summed E-state index contributed by atoms with van der Waals surface area (Å²) in [4.78, 5) is 3.96. The highest BCUT2D eigenvalue weighted by molar-refractivity contribution is 5.30. The summed E-state index contributed by atoms with van der Waals surface area (Å²) in [6.45, 7) is 3.45. The molecule has 1 N–H and O–H groups in total. The Morgan fingerprint density at radius 2 is 2.33 bits per heavy atom. The van der Waals surface area contributed by atoms with Crippen LogP contribution in [0.3, 0.4) is 0 Å². The van der Waals surface area contributed by atoms with Crippen molar-refractivity contribution in [3.8, 4) is 5.88 Å². The number of hydrogen-bond donors (Lipinski definition) is 1. The van der Waals surface area contributed by atoms with Crippen molar-refractivity contribution < 1.29 is 9.26 Å². The lowest BCUT2D eigenvalue weighted by Gasteiger charge is -2.05. The van der Waals surface area contributed by atoms with E-state index in [9.17, 15) is 0 Å². The van der Waals surface area contributed by atoms with E-state index in [1.54, 1.807) is 11.8 Å². The summed E-state index contributed by atoms with van der Waals surface area (Å²) in [6, 6.07) is 0. The van der Waals surface area contributed by atoms with E-state index in [1.165, 1.54) is 6.39 Å². The molecule has 2 heterocycles. The minimum atomic E-state index is 0.706. The highest BCUT2D eigenvalue weighted by Crippen LogP contribution is 2.20. The molecule has 2 rings (SSSR count). The molecule has 2 aromatic rings. The van der Waals surface area contributed by atoms with Crippen LogP contribution in [0.1, 0.15) is 17.1 Å². The Kier molecular flexibility index (Phi) is 3.93. The van der Waals surface area contributed by atoms with Crippen molar-refractivity contribution in [1.82, 2.24) is 25.2 Å². The van der Waals surface area contributed by atoms with Crippen molar-refractivity contribution >= 4 is 0 Å². The first-order chi connectivity index (χ1) is 8.72. The highest BCUT2D eigenvalue weighted by Gasteiger charge is 2.12. The van der Waals surface area contributed by atoms with E-state index in [1.807, 2.05) is 14.0 Å². The fourth-order valence-electron chi connectivity index (χ4n) is 1.86. The van der Waals surface area contributed by atoms with Gasteiger partial charge in [-0.3, -0.25) is 0 Å². The Hall–Kier alpha value is -1.89. The molecule has 0 radical (unpaired) electrons. The van der Waals surface area contributed by atoms with Gasteiger partial charge in [-0.25, -0.2) is 4.68 Å². The number of aromatic nitrogens is 4. The topological polar surface area (TPSA) is 78.0 Å². The third kappa shape index (κ3) is 2.67. The van der Waals surface area contributed by atoms with E-state index in [2.05, 4.69) is 25.1 Å². The van der Waals surface area contributed by atoms with E-state index in [0.29, 0.717) is 12.4 Å². The Morgan fingerprint density at radius 3 is 3.00 bits per heavy atom.